The summed E-state index contributed by atoms with van der Waals surface area (Å²) in [6.07, 6.45) is 0.943. The van der Waals surface area contributed by atoms with Crippen LogP contribution < -0.4 is 5.32 Å². The molecule has 0 saturated carbocycles. The van der Waals surface area contributed by atoms with Crippen LogP contribution in [0.25, 0.3) is 0 Å². The van der Waals surface area contributed by atoms with E-state index < -0.39 is 16.8 Å². The van der Waals surface area contributed by atoms with Gasteiger partial charge in [0.25, 0.3) is 5.69 Å². The van der Waals surface area contributed by atoms with Gasteiger partial charge in [-0.3, -0.25) is 14.9 Å². The molecule has 1 aliphatic heterocycles. The number of carbonyl (C=O) groups excluding carboxylic acids is 2. The first-order valence-corrected chi connectivity index (χ1v) is 11.7. The van der Waals surface area contributed by atoms with E-state index in [0.717, 1.165) is 11.3 Å². The van der Waals surface area contributed by atoms with Crippen LogP contribution in [0.1, 0.15) is 49.7 Å². The van der Waals surface area contributed by atoms with Crippen LogP contribution >= 0.6 is 0 Å². The average molecular weight is 477 g/mol. The highest BCUT2D eigenvalue weighted by Crippen LogP contribution is 2.45. The van der Waals surface area contributed by atoms with Gasteiger partial charge in [0, 0.05) is 48.0 Å². The maximum Gasteiger partial charge on any atom is 0.336 e. The van der Waals surface area contributed by atoms with Crippen molar-refractivity contribution in [1.29, 1.82) is 0 Å². The summed E-state index contributed by atoms with van der Waals surface area (Å²) in [6.45, 7) is 4.52. The summed E-state index contributed by atoms with van der Waals surface area (Å²) in [5.41, 5.74) is 3.90. The molecule has 0 bridgehead atoms. The van der Waals surface area contributed by atoms with Crippen LogP contribution in [-0.4, -0.2) is 36.5 Å². The van der Waals surface area contributed by atoms with Crippen molar-refractivity contribution in [2.45, 2.75) is 38.5 Å². The molecule has 0 unspecified atom stereocenters. The van der Waals surface area contributed by atoms with Crippen LogP contribution in [0.2, 0.25) is 0 Å². The fourth-order valence-corrected chi connectivity index (χ4v) is 4.81. The fourth-order valence-electron chi connectivity index (χ4n) is 4.81. The number of ether oxygens (including phenoxy) is 2. The molecule has 2 aliphatic rings. The van der Waals surface area contributed by atoms with Crippen molar-refractivity contribution in [2.75, 3.05) is 19.8 Å². The van der Waals surface area contributed by atoms with E-state index in [1.54, 1.807) is 19.1 Å². The molecule has 0 fully saturated rings. The van der Waals surface area contributed by atoms with Gasteiger partial charge in [-0.1, -0.05) is 42.5 Å². The molecule has 0 aromatic heterocycles. The number of carbonyl (C=O) groups is 2. The summed E-state index contributed by atoms with van der Waals surface area (Å²) in [5, 5.41) is 14.5. The normalized spacial score (nSPS) is 19.8. The van der Waals surface area contributed by atoms with E-state index in [9.17, 15) is 19.7 Å². The summed E-state index contributed by atoms with van der Waals surface area (Å²) in [5.74, 6) is -1.23. The van der Waals surface area contributed by atoms with Gasteiger partial charge >= 0.3 is 5.97 Å². The Labute approximate surface area is 203 Å². The lowest BCUT2D eigenvalue weighted by Crippen LogP contribution is -2.36. The number of rotatable bonds is 8. The van der Waals surface area contributed by atoms with Crippen molar-refractivity contribution in [3.05, 3.63) is 98.4 Å². The molecule has 1 aliphatic carbocycles. The number of nitro benzene ring substituents is 1. The smallest absolute Gasteiger partial charge is 0.336 e. The second-order valence-electron chi connectivity index (χ2n) is 8.61. The van der Waals surface area contributed by atoms with E-state index in [-0.39, 0.29) is 30.6 Å². The molecular formula is C27H28N2O6. The second kappa shape index (κ2) is 10.7. The lowest BCUT2D eigenvalue weighted by Gasteiger charge is -2.36. The molecule has 4 rings (SSSR count). The predicted molar refractivity (Wildman–Crippen MR) is 130 cm³/mol. The number of dihydropyridines is 1. The van der Waals surface area contributed by atoms with Gasteiger partial charge in [0.2, 0.25) is 0 Å². The number of nitrogens with one attached hydrogen (secondary N) is 1. The Morgan fingerprint density at radius 1 is 1.06 bits per heavy atom. The first-order chi connectivity index (χ1) is 16.9. The highest BCUT2D eigenvalue weighted by molar-refractivity contribution is 6.04. The third kappa shape index (κ3) is 5.17. The molecule has 1 heterocycles. The molecule has 35 heavy (non-hydrogen) atoms. The molecule has 8 nitrogen and oxygen atoms in total. The van der Waals surface area contributed by atoms with Gasteiger partial charge in [0.1, 0.15) is 6.61 Å². The first-order valence-electron chi connectivity index (χ1n) is 11.7. The predicted octanol–water partition coefficient (Wildman–Crippen LogP) is 4.54. The molecule has 2 aromatic carbocycles. The third-order valence-electron chi connectivity index (χ3n) is 6.42. The van der Waals surface area contributed by atoms with Crippen molar-refractivity contribution in [3.63, 3.8) is 0 Å². The Balaban J connectivity index is 1.72. The highest BCUT2D eigenvalue weighted by Gasteiger charge is 2.41. The minimum absolute atomic E-state index is 0.0277. The van der Waals surface area contributed by atoms with Gasteiger partial charge in [0.15, 0.2) is 5.78 Å². The van der Waals surface area contributed by atoms with Gasteiger partial charge in [-0.2, -0.15) is 0 Å². The Bertz CT molecular complexity index is 1180. The lowest BCUT2D eigenvalue weighted by molar-refractivity contribution is -0.384. The van der Waals surface area contributed by atoms with Crippen LogP contribution in [0.15, 0.2) is 77.1 Å². The lowest BCUT2D eigenvalue weighted by atomic mass is 9.71. The number of hydrogen-bond donors (Lipinski definition) is 1. The number of allylic oxidation sites excluding steroid dienone is 3. The number of Topliss-reactive ketones (excluding diaryl/α,β-unsaturated/α-hetero) is 1. The third-order valence-corrected chi connectivity index (χ3v) is 6.42. The summed E-state index contributed by atoms with van der Waals surface area (Å²) in [6, 6.07) is 15.9. The highest BCUT2D eigenvalue weighted by atomic mass is 16.6. The largest absolute Gasteiger partial charge is 0.460 e. The molecule has 2 aromatic rings. The quantitative estimate of drug-likeness (QED) is 0.258. The van der Waals surface area contributed by atoms with Gasteiger partial charge in [-0.15, -0.1) is 0 Å². The zero-order valence-electron chi connectivity index (χ0n) is 19.8. The van der Waals surface area contributed by atoms with E-state index in [2.05, 4.69) is 5.32 Å². The maximum atomic E-state index is 13.5. The molecular weight excluding hydrogens is 448 g/mol. The average Bonchev–Trinajstić information content (AvgIpc) is 2.86. The molecule has 182 valence electrons. The van der Waals surface area contributed by atoms with Crippen molar-refractivity contribution in [3.8, 4) is 0 Å². The standard InChI is InChI=1S/C27H28N2O6/c1-3-34-13-14-35-27(31)24-17(2)28-22-15-20(18-7-5-4-6-8-18)16-23(30)26(22)25(24)19-9-11-21(12-10-19)29(32)33/h4-12,20,25,28H,3,13-16H2,1-2H3/t20-,25+/m1/s1. The Morgan fingerprint density at radius 2 is 1.77 bits per heavy atom. The fraction of sp³-hybridized carbons (Fsp3) is 0.333. The molecule has 0 spiro atoms. The van der Waals surface area contributed by atoms with E-state index >= 15 is 0 Å². The zero-order valence-corrected chi connectivity index (χ0v) is 19.8. The van der Waals surface area contributed by atoms with Crippen LogP contribution in [0, 0.1) is 10.1 Å². The molecule has 0 amide bonds. The Kier molecular flexibility index (Phi) is 7.41. The minimum Gasteiger partial charge on any atom is -0.460 e. The first kappa shape index (κ1) is 24.3. The van der Waals surface area contributed by atoms with Crippen molar-refractivity contribution in [2.24, 2.45) is 0 Å². The monoisotopic (exact) mass is 476 g/mol. The van der Waals surface area contributed by atoms with Crippen molar-refractivity contribution >= 4 is 17.4 Å². The topological polar surface area (TPSA) is 108 Å². The van der Waals surface area contributed by atoms with Crippen LogP contribution in [0.5, 0.6) is 0 Å². The Hall–Kier alpha value is -3.78. The number of non-ortho nitro benzene ring substituents is 1. The second-order valence-corrected chi connectivity index (χ2v) is 8.61. The number of benzene rings is 2. The van der Waals surface area contributed by atoms with Crippen molar-refractivity contribution < 1.29 is 24.0 Å². The number of nitro groups is 1. The number of hydrogen-bond acceptors (Lipinski definition) is 7. The molecule has 2 atom stereocenters. The molecule has 0 saturated heterocycles. The van der Waals surface area contributed by atoms with Crippen LogP contribution in [-0.2, 0) is 19.1 Å². The van der Waals surface area contributed by atoms with E-state index in [1.165, 1.54) is 12.1 Å². The van der Waals surface area contributed by atoms with Crippen molar-refractivity contribution in [1.82, 2.24) is 5.32 Å². The zero-order chi connectivity index (χ0) is 24.9. The summed E-state index contributed by atoms with van der Waals surface area (Å²) < 4.78 is 10.7. The minimum atomic E-state index is -0.670. The van der Waals surface area contributed by atoms with Gasteiger partial charge in [0.05, 0.1) is 17.1 Å². The number of esters is 1. The molecule has 0 radical (unpaired) electrons. The number of nitrogens with zero attached hydrogens (tertiary/aromatic N) is 1. The van der Waals surface area contributed by atoms with Gasteiger partial charge < -0.3 is 14.8 Å². The SMILES string of the molecule is CCOCCOC(=O)C1=C(C)NC2=C(C(=O)C[C@H](c3ccccc3)C2)[C@H]1c1ccc([N+](=O)[O-])cc1. The summed E-state index contributed by atoms with van der Waals surface area (Å²) in [7, 11) is 0. The summed E-state index contributed by atoms with van der Waals surface area (Å²) in [4.78, 5) is 37.4. The van der Waals surface area contributed by atoms with E-state index in [0.29, 0.717) is 41.9 Å². The van der Waals surface area contributed by atoms with E-state index in [4.69, 9.17) is 9.47 Å². The molecule has 1 N–H and O–H groups in total. The van der Waals surface area contributed by atoms with Crippen LogP contribution in [0.3, 0.4) is 0 Å². The van der Waals surface area contributed by atoms with E-state index in [1.807, 2.05) is 37.3 Å². The number of ketones is 1. The van der Waals surface area contributed by atoms with Gasteiger partial charge in [-0.05, 0) is 37.3 Å². The summed E-state index contributed by atoms with van der Waals surface area (Å²) >= 11 is 0. The van der Waals surface area contributed by atoms with Gasteiger partial charge in [-0.25, -0.2) is 4.79 Å². The molecule has 8 heteroatoms. The van der Waals surface area contributed by atoms with Crippen LogP contribution in [0.4, 0.5) is 5.69 Å². The maximum absolute atomic E-state index is 13.5. The Morgan fingerprint density at radius 3 is 2.43 bits per heavy atom.